The van der Waals surface area contributed by atoms with Gasteiger partial charge in [0.1, 0.15) is 0 Å². The largest absolute Gasteiger partial charge is 0.419 e. The third kappa shape index (κ3) is 5.30. The monoisotopic (exact) mass is 504 g/mol. The van der Waals surface area contributed by atoms with Crippen molar-refractivity contribution in [2.75, 3.05) is 32.8 Å². The molecule has 0 saturated carbocycles. The first-order valence-corrected chi connectivity index (χ1v) is 12.8. The topological polar surface area (TPSA) is 106 Å². The molecule has 1 fully saturated rings. The second kappa shape index (κ2) is 10.6. The van der Waals surface area contributed by atoms with Crippen molar-refractivity contribution in [3.63, 3.8) is 0 Å². The van der Waals surface area contributed by atoms with Crippen LogP contribution in [0.1, 0.15) is 29.6 Å². The van der Waals surface area contributed by atoms with Gasteiger partial charge in [-0.2, -0.15) is 4.31 Å². The second-order valence-electron chi connectivity index (χ2n) is 7.75. The summed E-state index contributed by atoms with van der Waals surface area (Å²) in [5.74, 6) is 0.204. The number of hydrogen-bond donors (Lipinski definition) is 0. The van der Waals surface area contributed by atoms with Gasteiger partial charge in [0.05, 0.1) is 35.2 Å². The van der Waals surface area contributed by atoms with Crippen molar-refractivity contribution in [2.24, 2.45) is 0 Å². The summed E-state index contributed by atoms with van der Waals surface area (Å²) < 4.78 is 38.4. The number of carbonyl (C=O) groups excluding carboxylic acids is 1. The minimum atomic E-state index is -3.72. The van der Waals surface area contributed by atoms with Gasteiger partial charge in [-0.1, -0.05) is 36.7 Å². The average Bonchev–Trinajstić information content (AvgIpc) is 3.32. The Bertz CT molecular complexity index is 1260. The molecule has 0 unspecified atom stereocenters. The molecule has 0 atom stereocenters. The molecule has 0 bridgehead atoms. The lowest BCUT2D eigenvalue weighted by Crippen LogP contribution is -2.40. The quantitative estimate of drug-likeness (QED) is 0.462. The van der Waals surface area contributed by atoms with Gasteiger partial charge >= 0.3 is 0 Å². The van der Waals surface area contributed by atoms with Crippen LogP contribution in [0, 0.1) is 0 Å². The summed E-state index contributed by atoms with van der Waals surface area (Å²) in [5.41, 5.74) is 0.880. The Kier molecular flexibility index (Phi) is 7.62. The van der Waals surface area contributed by atoms with Crippen LogP contribution in [-0.2, 0) is 21.3 Å². The van der Waals surface area contributed by atoms with Gasteiger partial charge in [-0.25, -0.2) is 8.42 Å². The van der Waals surface area contributed by atoms with Gasteiger partial charge in [0, 0.05) is 25.2 Å². The number of benzene rings is 2. The van der Waals surface area contributed by atoms with E-state index >= 15 is 0 Å². The van der Waals surface area contributed by atoms with E-state index in [2.05, 4.69) is 10.2 Å². The molecule has 9 nitrogen and oxygen atoms in total. The van der Waals surface area contributed by atoms with E-state index in [0.717, 1.165) is 0 Å². The van der Waals surface area contributed by atoms with Gasteiger partial charge in [0.2, 0.25) is 21.8 Å². The molecule has 2 heterocycles. The zero-order valence-electron chi connectivity index (χ0n) is 18.7. The molecule has 1 aliphatic rings. The van der Waals surface area contributed by atoms with Crippen molar-refractivity contribution in [3.05, 3.63) is 65.0 Å². The van der Waals surface area contributed by atoms with Crippen molar-refractivity contribution in [1.29, 1.82) is 0 Å². The SMILES string of the molecule is CCCN(Cc1nnc(-c2ccccc2Cl)o1)C(=O)c1cccc(S(=O)(=O)N2CCOCC2)c1. The number of ether oxygens (including phenoxy) is 1. The van der Waals surface area contributed by atoms with Gasteiger partial charge < -0.3 is 14.1 Å². The number of sulfonamides is 1. The number of aromatic nitrogens is 2. The Labute approximate surface area is 203 Å². The normalized spacial score (nSPS) is 14.8. The molecule has 4 rings (SSSR count). The number of rotatable bonds is 8. The molecule has 0 N–H and O–H groups in total. The molecule has 0 spiro atoms. The van der Waals surface area contributed by atoms with E-state index in [9.17, 15) is 13.2 Å². The Morgan fingerprint density at radius 1 is 1.12 bits per heavy atom. The highest BCUT2D eigenvalue weighted by atomic mass is 35.5. The molecule has 1 amide bonds. The summed E-state index contributed by atoms with van der Waals surface area (Å²) in [4.78, 5) is 15.0. The first-order valence-electron chi connectivity index (χ1n) is 10.9. The standard InChI is InChI=1S/C23H25ClN4O5S/c1-2-10-27(16-21-25-26-22(33-21)19-8-3-4-9-20(19)24)23(29)17-6-5-7-18(15-17)34(30,31)28-11-13-32-14-12-28/h3-9,15H,2,10-14,16H2,1H3. The van der Waals surface area contributed by atoms with Gasteiger partial charge in [0.25, 0.3) is 5.91 Å². The highest BCUT2D eigenvalue weighted by Gasteiger charge is 2.28. The molecular formula is C23H25ClN4O5S. The smallest absolute Gasteiger partial charge is 0.254 e. The predicted molar refractivity (Wildman–Crippen MR) is 126 cm³/mol. The van der Waals surface area contributed by atoms with Gasteiger partial charge in [0.15, 0.2) is 0 Å². The zero-order valence-corrected chi connectivity index (χ0v) is 20.3. The Morgan fingerprint density at radius 3 is 2.62 bits per heavy atom. The van der Waals surface area contributed by atoms with E-state index in [1.54, 1.807) is 35.2 Å². The van der Waals surface area contributed by atoms with Crippen molar-refractivity contribution >= 4 is 27.5 Å². The highest BCUT2D eigenvalue weighted by Crippen LogP contribution is 2.27. The van der Waals surface area contributed by atoms with Crippen LogP contribution in [0.3, 0.4) is 0 Å². The minimum Gasteiger partial charge on any atom is -0.419 e. The van der Waals surface area contributed by atoms with E-state index in [0.29, 0.717) is 36.8 Å². The maximum atomic E-state index is 13.3. The van der Waals surface area contributed by atoms with Gasteiger partial charge in [-0.15, -0.1) is 10.2 Å². The molecule has 180 valence electrons. The molecule has 1 saturated heterocycles. The van der Waals surface area contributed by atoms with Crippen LogP contribution in [0.2, 0.25) is 5.02 Å². The van der Waals surface area contributed by atoms with E-state index in [4.69, 9.17) is 20.8 Å². The van der Waals surface area contributed by atoms with Crippen LogP contribution in [0.4, 0.5) is 0 Å². The minimum absolute atomic E-state index is 0.0792. The first kappa shape index (κ1) is 24.3. The zero-order chi connectivity index (χ0) is 24.1. The van der Waals surface area contributed by atoms with Gasteiger partial charge in [-0.05, 0) is 36.8 Å². The maximum Gasteiger partial charge on any atom is 0.254 e. The van der Waals surface area contributed by atoms with E-state index in [-0.39, 0.29) is 47.8 Å². The Morgan fingerprint density at radius 2 is 1.88 bits per heavy atom. The third-order valence-corrected chi connectivity index (χ3v) is 7.59. The van der Waals surface area contributed by atoms with Crippen molar-refractivity contribution in [1.82, 2.24) is 19.4 Å². The number of carbonyl (C=O) groups is 1. The molecule has 2 aromatic carbocycles. The lowest BCUT2D eigenvalue weighted by atomic mass is 10.2. The lowest BCUT2D eigenvalue weighted by molar-refractivity contribution is 0.0724. The van der Waals surface area contributed by atoms with Gasteiger partial charge in [-0.3, -0.25) is 4.79 Å². The maximum absolute atomic E-state index is 13.3. The fourth-order valence-corrected chi connectivity index (χ4v) is 5.33. The summed E-state index contributed by atoms with van der Waals surface area (Å²) in [6.07, 6.45) is 0.697. The molecule has 34 heavy (non-hydrogen) atoms. The molecule has 1 aliphatic heterocycles. The summed E-state index contributed by atoms with van der Waals surface area (Å²) in [5, 5.41) is 8.61. The van der Waals surface area contributed by atoms with Crippen LogP contribution in [-0.4, -0.2) is 66.6 Å². The fourth-order valence-electron chi connectivity index (χ4n) is 3.65. The number of nitrogens with zero attached hydrogens (tertiary/aromatic N) is 4. The Balaban J connectivity index is 1.55. The highest BCUT2D eigenvalue weighted by molar-refractivity contribution is 7.89. The second-order valence-corrected chi connectivity index (χ2v) is 10.1. The summed E-state index contributed by atoms with van der Waals surface area (Å²) in [6.45, 7) is 3.74. The van der Waals surface area contributed by atoms with E-state index < -0.39 is 10.0 Å². The van der Waals surface area contributed by atoms with Crippen LogP contribution in [0.25, 0.3) is 11.5 Å². The third-order valence-electron chi connectivity index (χ3n) is 5.37. The van der Waals surface area contributed by atoms with Crippen LogP contribution in [0.5, 0.6) is 0 Å². The predicted octanol–water partition coefficient (Wildman–Crippen LogP) is 3.46. The Hall–Kier alpha value is -2.79. The lowest BCUT2D eigenvalue weighted by Gasteiger charge is -2.26. The number of halogens is 1. The molecule has 3 aromatic rings. The molecule has 0 aliphatic carbocycles. The summed E-state index contributed by atoms with van der Waals surface area (Å²) >= 11 is 6.21. The average molecular weight is 505 g/mol. The van der Waals surface area contributed by atoms with Crippen LogP contribution >= 0.6 is 11.6 Å². The molecule has 1 aromatic heterocycles. The van der Waals surface area contributed by atoms with Crippen LogP contribution in [0.15, 0.2) is 57.8 Å². The fraction of sp³-hybridized carbons (Fsp3) is 0.348. The molecule has 11 heteroatoms. The molecule has 0 radical (unpaired) electrons. The van der Waals surface area contributed by atoms with Crippen molar-refractivity contribution in [2.45, 2.75) is 24.8 Å². The van der Waals surface area contributed by atoms with E-state index in [1.165, 1.54) is 16.4 Å². The van der Waals surface area contributed by atoms with E-state index in [1.807, 2.05) is 13.0 Å². The van der Waals surface area contributed by atoms with Crippen LogP contribution < -0.4 is 0 Å². The molecular weight excluding hydrogens is 480 g/mol. The van der Waals surface area contributed by atoms with Crippen molar-refractivity contribution in [3.8, 4) is 11.5 Å². The number of morpholine rings is 1. The first-order chi connectivity index (χ1) is 16.4. The summed E-state index contributed by atoms with van der Waals surface area (Å²) in [6, 6.07) is 13.2. The number of hydrogen-bond acceptors (Lipinski definition) is 7. The number of amides is 1. The van der Waals surface area contributed by atoms with Crippen molar-refractivity contribution < 1.29 is 22.4 Å². The summed E-state index contributed by atoms with van der Waals surface area (Å²) in [7, 11) is -3.72.